The van der Waals surface area contributed by atoms with Crippen molar-refractivity contribution in [1.82, 2.24) is 10.6 Å². The number of cyclic esters (lactones) is 1. The zero-order valence-corrected chi connectivity index (χ0v) is 14.7. The molecule has 2 aliphatic heterocycles. The number of halogens is 2. The molecule has 2 fully saturated rings. The van der Waals surface area contributed by atoms with E-state index in [4.69, 9.17) is 4.74 Å². The van der Waals surface area contributed by atoms with Crippen molar-refractivity contribution >= 4 is 34.9 Å². The summed E-state index contributed by atoms with van der Waals surface area (Å²) in [5.74, 6) is 0.223. The highest BCUT2D eigenvalue weighted by atomic mass is 32.1. The van der Waals surface area contributed by atoms with Gasteiger partial charge in [0, 0.05) is 18.7 Å². The van der Waals surface area contributed by atoms with E-state index in [0.29, 0.717) is 18.7 Å². The number of benzene rings is 1. The molecule has 2 atom stereocenters. The fraction of sp³-hybridized carbons (Fsp3) is 0.471. The highest BCUT2D eigenvalue weighted by Crippen LogP contribution is 2.29. The van der Waals surface area contributed by atoms with Crippen molar-refractivity contribution in [2.45, 2.75) is 31.3 Å². The Kier molecular flexibility index (Phi) is 5.65. The van der Waals surface area contributed by atoms with Crippen molar-refractivity contribution in [1.29, 1.82) is 0 Å². The molecule has 0 aliphatic carbocycles. The number of hydrogen-bond donors (Lipinski definition) is 2. The van der Waals surface area contributed by atoms with Gasteiger partial charge >= 0.3 is 6.09 Å². The van der Waals surface area contributed by atoms with E-state index in [-0.39, 0.29) is 24.9 Å². The Bertz CT molecular complexity index is 699. The normalized spacial score (nSPS) is 23.0. The van der Waals surface area contributed by atoms with Gasteiger partial charge in [0.25, 0.3) is 6.43 Å². The van der Waals surface area contributed by atoms with Crippen molar-refractivity contribution in [2.24, 2.45) is 0 Å². The quantitative estimate of drug-likeness (QED) is 0.763. The number of piperidine rings is 1. The Balaban J connectivity index is 1.59. The standard InChI is InChI=1S/C17H19F2N3O3S/c18-15(19)16(26)21-8-13-9-22(17(24)25-13)12-3-1-10(2-4-12)11-5-6-20-14(23)7-11/h1-4,11,13,15H,5-9H2,(H,20,23)(H,21,26). The number of nitrogens with one attached hydrogen (secondary N) is 2. The van der Waals surface area contributed by atoms with E-state index in [1.54, 1.807) is 0 Å². The number of alkyl halides is 2. The van der Waals surface area contributed by atoms with Crippen LogP contribution < -0.4 is 15.5 Å². The third-order valence-corrected chi connectivity index (χ3v) is 4.82. The number of hydrogen-bond acceptors (Lipinski definition) is 4. The van der Waals surface area contributed by atoms with Crippen LogP contribution >= 0.6 is 12.2 Å². The summed E-state index contributed by atoms with van der Waals surface area (Å²) in [5.41, 5.74) is 1.72. The van der Waals surface area contributed by atoms with Gasteiger partial charge in [0.05, 0.1) is 13.1 Å². The molecule has 0 saturated carbocycles. The first-order chi connectivity index (χ1) is 12.4. The molecule has 2 saturated heterocycles. The summed E-state index contributed by atoms with van der Waals surface area (Å²) in [6, 6.07) is 7.43. The van der Waals surface area contributed by atoms with E-state index in [2.05, 4.69) is 22.9 Å². The first kappa shape index (κ1) is 18.5. The Hall–Kier alpha value is -2.29. The number of amides is 2. The van der Waals surface area contributed by atoms with Crippen molar-refractivity contribution in [3.8, 4) is 0 Å². The van der Waals surface area contributed by atoms with Gasteiger partial charge in [-0.15, -0.1) is 0 Å². The molecular weight excluding hydrogens is 364 g/mol. The van der Waals surface area contributed by atoms with Gasteiger partial charge in [-0.3, -0.25) is 9.69 Å². The van der Waals surface area contributed by atoms with Crippen LogP contribution in [0.5, 0.6) is 0 Å². The van der Waals surface area contributed by atoms with Gasteiger partial charge < -0.3 is 15.4 Å². The molecule has 2 N–H and O–H groups in total. The molecule has 6 nitrogen and oxygen atoms in total. The van der Waals surface area contributed by atoms with Crippen LogP contribution in [0.15, 0.2) is 24.3 Å². The number of carbonyl (C=O) groups excluding carboxylic acids is 2. The van der Waals surface area contributed by atoms with Crippen LogP contribution in [0.1, 0.15) is 24.3 Å². The highest BCUT2D eigenvalue weighted by Gasteiger charge is 2.32. The molecule has 2 amide bonds. The lowest BCUT2D eigenvalue weighted by molar-refractivity contribution is -0.122. The molecule has 3 rings (SSSR count). The molecule has 2 heterocycles. The number of rotatable bonds is 5. The summed E-state index contributed by atoms with van der Waals surface area (Å²) in [7, 11) is 0. The SMILES string of the molecule is O=C1CC(c2ccc(N3CC(CNC(=S)C(F)F)OC3=O)cc2)CCN1. The first-order valence-electron chi connectivity index (χ1n) is 8.34. The van der Waals surface area contributed by atoms with Crippen LogP contribution in [0.4, 0.5) is 19.3 Å². The van der Waals surface area contributed by atoms with Gasteiger partial charge in [0.1, 0.15) is 11.1 Å². The summed E-state index contributed by atoms with van der Waals surface area (Å²) in [6.07, 6.45) is -2.46. The molecule has 26 heavy (non-hydrogen) atoms. The second-order valence-electron chi connectivity index (χ2n) is 6.29. The number of anilines is 1. The van der Waals surface area contributed by atoms with Crippen molar-refractivity contribution < 1.29 is 23.1 Å². The highest BCUT2D eigenvalue weighted by molar-refractivity contribution is 7.80. The van der Waals surface area contributed by atoms with Gasteiger partial charge in [-0.25, -0.2) is 13.6 Å². The van der Waals surface area contributed by atoms with Crippen LogP contribution in [0.25, 0.3) is 0 Å². The van der Waals surface area contributed by atoms with Gasteiger partial charge in [-0.05, 0) is 30.0 Å². The lowest BCUT2D eigenvalue weighted by atomic mass is 9.90. The van der Waals surface area contributed by atoms with Crippen molar-refractivity contribution in [3.05, 3.63) is 29.8 Å². The molecule has 2 aliphatic rings. The minimum atomic E-state index is -2.73. The molecule has 9 heteroatoms. The summed E-state index contributed by atoms with van der Waals surface area (Å²) in [5, 5.41) is 5.22. The fourth-order valence-corrected chi connectivity index (χ4v) is 3.21. The molecule has 2 unspecified atom stereocenters. The van der Waals surface area contributed by atoms with E-state index in [0.717, 1.165) is 12.0 Å². The largest absolute Gasteiger partial charge is 0.442 e. The van der Waals surface area contributed by atoms with Crippen molar-refractivity contribution in [2.75, 3.05) is 24.5 Å². The third-order valence-electron chi connectivity index (χ3n) is 4.50. The molecular formula is C17H19F2N3O3S. The molecule has 140 valence electrons. The van der Waals surface area contributed by atoms with Crippen molar-refractivity contribution in [3.63, 3.8) is 0 Å². The Morgan fingerprint density at radius 3 is 2.73 bits per heavy atom. The number of nitrogens with zero attached hydrogens (tertiary/aromatic N) is 1. The molecule has 0 radical (unpaired) electrons. The molecule has 0 bridgehead atoms. The van der Waals surface area contributed by atoms with E-state index >= 15 is 0 Å². The average Bonchev–Trinajstić information content (AvgIpc) is 3.00. The maximum atomic E-state index is 12.4. The molecule has 0 spiro atoms. The number of carbonyl (C=O) groups is 2. The Labute approximate surface area is 154 Å². The molecule has 0 aromatic heterocycles. The summed E-state index contributed by atoms with van der Waals surface area (Å²) < 4.78 is 30.0. The lowest BCUT2D eigenvalue weighted by Gasteiger charge is -2.23. The predicted molar refractivity (Wildman–Crippen MR) is 95.6 cm³/mol. The van der Waals surface area contributed by atoms with E-state index < -0.39 is 23.6 Å². The van der Waals surface area contributed by atoms with E-state index in [1.807, 2.05) is 24.3 Å². The van der Waals surface area contributed by atoms with Crippen LogP contribution in [0.2, 0.25) is 0 Å². The second-order valence-corrected chi connectivity index (χ2v) is 6.73. The van der Waals surface area contributed by atoms with Crippen LogP contribution in [-0.4, -0.2) is 49.2 Å². The third kappa shape index (κ3) is 4.27. The molecule has 1 aromatic rings. The zero-order chi connectivity index (χ0) is 18.7. The van der Waals surface area contributed by atoms with Gasteiger partial charge in [0.2, 0.25) is 5.91 Å². The zero-order valence-electron chi connectivity index (χ0n) is 13.9. The fourth-order valence-electron chi connectivity index (χ4n) is 3.13. The minimum Gasteiger partial charge on any atom is -0.442 e. The minimum absolute atomic E-state index is 0.0423. The van der Waals surface area contributed by atoms with Gasteiger partial charge in [0.15, 0.2) is 0 Å². The Morgan fingerprint density at radius 2 is 2.08 bits per heavy atom. The van der Waals surface area contributed by atoms with Crippen LogP contribution in [0.3, 0.4) is 0 Å². The lowest BCUT2D eigenvalue weighted by Crippen LogP contribution is -2.36. The maximum Gasteiger partial charge on any atom is 0.414 e. The van der Waals surface area contributed by atoms with E-state index in [9.17, 15) is 18.4 Å². The topological polar surface area (TPSA) is 70.7 Å². The van der Waals surface area contributed by atoms with Crippen LogP contribution in [-0.2, 0) is 9.53 Å². The summed E-state index contributed by atoms with van der Waals surface area (Å²) in [4.78, 5) is 24.4. The van der Waals surface area contributed by atoms with Gasteiger partial charge in [-0.1, -0.05) is 24.4 Å². The van der Waals surface area contributed by atoms with Crippen LogP contribution in [0, 0.1) is 0 Å². The maximum absolute atomic E-state index is 12.4. The first-order valence-corrected chi connectivity index (χ1v) is 8.75. The summed E-state index contributed by atoms with van der Waals surface area (Å²) >= 11 is 4.51. The second kappa shape index (κ2) is 7.94. The average molecular weight is 383 g/mol. The molecule has 1 aromatic carbocycles. The summed E-state index contributed by atoms with van der Waals surface area (Å²) in [6.45, 7) is 0.961. The van der Waals surface area contributed by atoms with Gasteiger partial charge in [-0.2, -0.15) is 0 Å². The smallest absolute Gasteiger partial charge is 0.414 e. The van der Waals surface area contributed by atoms with E-state index in [1.165, 1.54) is 4.90 Å². The number of thiocarbonyl (C=S) groups is 1. The monoisotopic (exact) mass is 383 g/mol. The Morgan fingerprint density at radius 1 is 1.35 bits per heavy atom. The predicted octanol–water partition coefficient (Wildman–Crippen LogP) is 2.19. The number of ether oxygens (including phenoxy) is 1.